The van der Waals surface area contributed by atoms with Crippen molar-refractivity contribution in [3.63, 3.8) is 0 Å². The average Bonchev–Trinajstić information content (AvgIpc) is 2.73. The third kappa shape index (κ3) is 2.50. The van der Waals surface area contributed by atoms with Crippen LogP contribution in [0.4, 0.5) is 13.2 Å². The Hall–Kier alpha value is -2.16. The zero-order valence-corrected chi connectivity index (χ0v) is 10.0. The number of hydrogen-bond donors (Lipinski definition) is 2. The van der Waals surface area contributed by atoms with Crippen molar-refractivity contribution in [2.75, 3.05) is 0 Å². The van der Waals surface area contributed by atoms with Crippen LogP contribution in [0.1, 0.15) is 11.1 Å². The molecule has 1 aromatic carbocycles. The fraction of sp³-hybridized carbons (Fsp3) is 0.100. The molecule has 19 heavy (non-hydrogen) atoms. The first-order valence-electron chi connectivity index (χ1n) is 4.94. The maximum Gasteiger partial charge on any atom is 0.417 e. The maximum atomic E-state index is 12.9. The fourth-order valence-electron chi connectivity index (χ4n) is 1.56. The van der Waals surface area contributed by atoms with Crippen molar-refractivity contribution in [3.8, 4) is 5.69 Å². The van der Waals surface area contributed by atoms with Gasteiger partial charge in [-0.3, -0.25) is 0 Å². The van der Waals surface area contributed by atoms with E-state index < -0.39 is 17.4 Å². The van der Waals surface area contributed by atoms with E-state index in [9.17, 15) is 18.0 Å². The summed E-state index contributed by atoms with van der Waals surface area (Å²) in [6.45, 7) is 0. The minimum absolute atomic E-state index is 0.0195. The largest absolute Gasteiger partial charge is 0.417 e. The molecule has 0 radical (unpaired) electrons. The first kappa shape index (κ1) is 13.3. The number of rotatable bonds is 2. The molecule has 0 bridgehead atoms. The van der Waals surface area contributed by atoms with Gasteiger partial charge >= 0.3 is 11.9 Å². The van der Waals surface area contributed by atoms with Crippen LogP contribution < -0.4 is 11.4 Å². The van der Waals surface area contributed by atoms with E-state index in [0.717, 1.165) is 23.0 Å². The summed E-state index contributed by atoms with van der Waals surface area (Å²) in [5.74, 6) is 0. The van der Waals surface area contributed by atoms with E-state index in [1.165, 1.54) is 6.07 Å². The van der Waals surface area contributed by atoms with Crippen LogP contribution in [0.2, 0.25) is 0 Å². The number of nitrogens with two attached hydrogens (primary N) is 1. The van der Waals surface area contributed by atoms with Gasteiger partial charge in [0.2, 0.25) is 0 Å². The molecule has 0 amide bonds. The van der Waals surface area contributed by atoms with Gasteiger partial charge in [-0.15, -0.1) is 0 Å². The number of nitrogens with zero attached hydrogens (tertiary/aromatic N) is 2. The molecular formula is C10H7F3N4OS. The SMILES string of the molecule is NC(=S)c1ccc(-n2cn[nH]c2=O)cc1C(F)(F)F. The molecule has 2 aromatic rings. The van der Waals surface area contributed by atoms with Crippen LogP contribution in [0.5, 0.6) is 0 Å². The minimum atomic E-state index is -4.62. The number of nitrogens with one attached hydrogen (secondary N) is 1. The first-order chi connectivity index (χ1) is 8.80. The van der Waals surface area contributed by atoms with Gasteiger partial charge in [0.1, 0.15) is 11.3 Å². The van der Waals surface area contributed by atoms with E-state index in [-0.39, 0.29) is 16.2 Å². The number of H-pyrrole nitrogens is 1. The smallest absolute Gasteiger partial charge is 0.389 e. The normalized spacial score (nSPS) is 11.5. The highest BCUT2D eigenvalue weighted by molar-refractivity contribution is 7.80. The van der Waals surface area contributed by atoms with Gasteiger partial charge < -0.3 is 5.73 Å². The van der Waals surface area contributed by atoms with Crippen LogP contribution in [0, 0.1) is 0 Å². The third-order valence-corrected chi connectivity index (χ3v) is 2.62. The number of aromatic nitrogens is 3. The lowest BCUT2D eigenvalue weighted by Gasteiger charge is -2.13. The van der Waals surface area contributed by atoms with Gasteiger partial charge in [-0.2, -0.15) is 18.3 Å². The lowest BCUT2D eigenvalue weighted by atomic mass is 10.1. The highest BCUT2D eigenvalue weighted by Gasteiger charge is 2.34. The summed E-state index contributed by atoms with van der Waals surface area (Å²) in [7, 11) is 0. The minimum Gasteiger partial charge on any atom is -0.389 e. The molecule has 0 aliphatic rings. The fourth-order valence-corrected chi connectivity index (χ4v) is 1.74. The van der Waals surface area contributed by atoms with Gasteiger partial charge in [0.05, 0.1) is 11.3 Å². The van der Waals surface area contributed by atoms with Crippen molar-refractivity contribution in [2.24, 2.45) is 5.73 Å². The molecule has 0 atom stereocenters. The van der Waals surface area contributed by atoms with Gasteiger partial charge in [-0.25, -0.2) is 14.5 Å². The van der Waals surface area contributed by atoms with Crippen LogP contribution in [-0.2, 0) is 6.18 Å². The summed E-state index contributed by atoms with van der Waals surface area (Å²) >= 11 is 4.58. The van der Waals surface area contributed by atoms with Gasteiger partial charge in [0, 0.05) is 5.56 Å². The second-order valence-corrected chi connectivity index (χ2v) is 4.06. The van der Waals surface area contributed by atoms with Crippen LogP contribution in [0.25, 0.3) is 5.69 Å². The van der Waals surface area contributed by atoms with Crippen LogP contribution >= 0.6 is 12.2 Å². The summed E-state index contributed by atoms with van der Waals surface area (Å²) in [6.07, 6.45) is -3.54. The molecule has 1 heterocycles. The summed E-state index contributed by atoms with van der Waals surface area (Å²) in [5, 5.41) is 5.53. The predicted octanol–water partition coefficient (Wildman–Crippen LogP) is 1.21. The predicted molar refractivity (Wildman–Crippen MR) is 65.1 cm³/mol. The van der Waals surface area contributed by atoms with E-state index in [0.29, 0.717) is 0 Å². The van der Waals surface area contributed by atoms with Gasteiger partial charge in [0.15, 0.2) is 0 Å². The number of halogens is 3. The Labute approximate surface area is 109 Å². The highest BCUT2D eigenvalue weighted by atomic mass is 32.1. The number of benzene rings is 1. The van der Waals surface area contributed by atoms with Crippen molar-refractivity contribution in [3.05, 3.63) is 46.1 Å². The second-order valence-electron chi connectivity index (χ2n) is 3.62. The summed E-state index contributed by atoms with van der Waals surface area (Å²) < 4.78 is 39.7. The molecule has 100 valence electrons. The highest BCUT2D eigenvalue weighted by Crippen LogP contribution is 2.33. The Bertz CT molecular complexity index is 689. The molecule has 1 aromatic heterocycles. The standard InChI is InChI=1S/C10H7F3N4OS/c11-10(12,13)7-3-5(1-2-6(7)8(14)19)17-4-15-16-9(17)18/h1-4H,(H2,14,19)(H,16,18). The molecule has 0 spiro atoms. The van der Waals surface area contributed by atoms with Crippen molar-refractivity contribution >= 4 is 17.2 Å². The van der Waals surface area contributed by atoms with Gasteiger partial charge in [-0.1, -0.05) is 12.2 Å². The molecule has 0 aliphatic carbocycles. The zero-order chi connectivity index (χ0) is 14.2. The molecule has 3 N–H and O–H groups in total. The molecule has 0 aliphatic heterocycles. The molecular weight excluding hydrogens is 281 g/mol. The molecule has 0 fully saturated rings. The zero-order valence-electron chi connectivity index (χ0n) is 9.23. The molecule has 2 rings (SSSR count). The van der Waals surface area contributed by atoms with Crippen molar-refractivity contribution in [1.82, 2.24) is 14.8 Å². The van der Waals surface area contributed by atoms with Crippen molar-refractivity contribution in [2.45, 2.75) is 6.18 Å². The van der Waals surface area contributed by atoms with Crippen molar-refractivity contribution < 1.29 is 13.2 Å². The summed E-state index contributed by atoms with van der Waals surface area (Å²) in [6, 6.07) is 3.23. The first-order valence-corrected chi connectivity index (χ1v) is 5.35. The Morgan fingerprint density at radius 1 is 1.42 bits per heavy atom. The van der Waals surface area contributed by atoms with Crippen LogP contribution in [0.15, 0.2) is 29.3 Å². The lowest BCUT2D eigenvalue weighted by Crippen LogP contribution is -2.20. The molecule has 5 nitrogen and oxygen atoms in total. The topological polar surface area (TPSA) is 76.7 Å². The van der Waals surface area contributed by atoms with E-state index in [4.69, 9.17) is 5.73 Å². The number of aromatic amines is 1. The monoisotopic (exact) mass is 288 g/mol. The van der Waals surface area contributed by atoms with Gasteiger partial charge in [0.25, 0.3) is 0 Å². The van der Waals surface area contributed by atoms with E-state index in [2.05, 4.69) is 22.4 Å². The molecule has 0 unspecified atom stereocenters. The molecule has 9 heteroatoms. The number of thiocarbonyl (C=S) groups is 1. The summed E-state index contributed by atoms with van der Waals surface area (Å²) in [4.78, 5) is 11.0. The van der Waals surface area contributed by atoms with Crippen LogP contribution in [-0.4, -0.2) is 19.8 Å². The average molecular weight is 288 g/mol. The number of alkyl halides is 3. The third-order valence-electron chi connectivity index (χ3n) is 2.40. The Balaban J connectivity index is 2.66. The maximum absolute atomic E-state index is 12.9. The quantitative estimate of drug-likeness (QED) is 0.814. The van der Waals surface area contributed by atoms with E-state index in [1.54, 1.807) is 0 Å². The Kier molecular flexibility index (Phi) is 3.14. The summed E-state index contributed by atoms with van der Waals surface area (Å²) in [5.41, 5.74) is 3.35. The number of hydrogen-bond acceptors (Lipinski definition) is 3. The molecule has 0 saturated carbocycles. The van der Waals surface area contributed by atoms with Crippen molar-refractivity contribution in [1.29, 1.82) is 0 Å². The van der Waals surface area contributed by atoms with E-state index >= 15 is 0 Å². The van der Waals surface area contributed by atoms with Gasteiger partial charge in [-0.05, 0) is 18.2 Å². The van der Waals surface area contributed by atoms with Crippen LogP contribution in [0.3, 0.4) is 0 Å². The van der Waals surface area contributed by atoms with E-state index in [1.807, 2.05) is 0 Å². The Morgan fingerprint density at radius 3 is 2.58 bits per heavy atom. The Morgan fingerprint density at radius 2 is 2.11 bits per heavy atom. The second kappa shape index (κ2) is 4.50. The lowest BCUT2D eigenvalue weighted by molar-refractivity contribution is -0.137. The molecule has 0 saturated heterocycles.